The number of rotatable bonds is 5. The molecule has 0 aromatic heterocycles. The zero-order chi connectivity index (χ0) is 13.6. The van der Waals surface area contributed by atoms with Crippen LogP contribution in [0.1, 0.15) is 74.1 Å². The van der Waals surface area contributed by atoms with Crippen LogP contribution >= 0.6 is 0 Å². The quantitative estimate of drug-likeness (QED) is 0.648. The fourth-order valence-corrected chi connectivity index (χ4v) is 1.26. The maximum absolute atomic E-state index is 6.00. The highest BCUT2D eigenvalue weighted by molar-refractivity contribution is 4.99. The molecule has 0 aromatic rings. The molecule has 0 spiro atoms. The summed E-state index contributed by atoms with van der Waals surface area (Å²) in [7, 11) is 0. The monoisotopic (exact) mass is 229 g/mol. The van der Waals surface area contributed by atoms with Gasteiger partial charge >= 0.3 is 0 Å². The van der Waals surface area contributed by atoms with E-state index in [0.717, 1.165) is 31.6 Å². The van der Waals surface area contributed by atoms with E-state index in [2.05, 4.69) is 41.2 Å². The van der Waals surface area contributed by atoms with E-state index in [4.69, 9.17) is 5.73 Å². The minimum absolute atomic E-state index is 0.0937. The first-order valence-corrected chi connectivity index (χ1v) is 6.84. The maximum atomic E-state index is 6.00. The summed E-state index contributed by atoms with van der Waals surface area (Å²) in [6.45, 7) is 18.6. The van der Waals surface area contributed by atoms with Gasteiger partial charge < -0.3 is 5.73 Å². The molecule has 0 aliphatic rings. The molecule has 0 aromatic carbocycles. The largest absolute Gasteiger partial charge is 0.322 e. The Kier molecular flexibility index (Phi) is 19.3. The lowest BCUT2D eigenvalue weighted by atomic mass is 9.90. The minimum Gasteiger partial charge on any atom is -0.322 e. The van der Waals surface area contributed by atoms with Crippen LogP contribution < -0.4 is 5.73 Å². The van der Waals surface area contributed by atoms with E-state index in [1.54, 1.807) is 0 Å². The normalized spacial score (nSPS) is 9.81. The maximum Gasteiger partial charge on any atom is 0.0336 e. The third-order valence-electron chi connectivity index (χ3n) is 1.84. The van der Waals surface area contributed by atoms with Crippen molar-refractivity contribution in [2.75, 3.05) is 0 Å². The molecule has 0 radical (unpaired) electrons. The number of hydrogen-bond acceptors (Lipinski definition) is 1. The van der Waals surface area contributed by atoms with Crippen molar-refractivity contribution in [1.82, 2.24) is 0 Å². The molecule has 1 heteroatoms. The summed E-state index contributed by atoms with van der Waals surface area (Å²) in [6.07, 6.45) is 6.29. The van der Waals surface area contributed by atoms with Gasteiger partial charge in [0, 0.05) is 5.54 Å². The second-order valence-electron chi connectivity index (χ2n) is 4.67. The molecule has 0 aliphatic carbocycles. The van der Waals surface area contributed by atoms with Crippen LogP contribution in [0.3, 0.4) is 0 Å². The summed E-state index contributed by atoms with van der Waals surface area (Å²) in [5, 5.41) is 0. The Morgan fingerprint density at radius 3 is 1.44 bits per heavy atom. The molecule has 0 atom stereocenters. The molecule has 0 saturated carbocycles. The van der Waals surface area contributed by atoms with Gasteiger partial charge in [0.2, 0.25) is 0 Å². The molecule has 2 N–H and O–H groups in total. The average Bonchev–Trinajstić information content (AvgIpc) is 2.21. The van der Waals surface area contributed by atoms with Crippen molar-refractivity contribution in [2.24, 2.45) is 11.7 Å². The topological polar surface area (TPSA) is 26.0 Å². The van der Waals surface area contributed by atoms with Gasteiger partial charge in [-0.2, -0.15) is 0 Å². The first-order valence-electron chi connectivity index (χ1n) is 6.84. The van der Waals surface area contributed by atoms with Gasteiger partial charge in [0.15, 0.2) is 0 Å². The lowest BCUT2D eigenvalue weighted by Gasteiger charge is -2.24. The summed E-state index contributed by atoms with van der Waals surface area (Å²) in [4.78, 5) is 0. The van der Waals surface area contributed by atoms with Gasteiger partial charge in [-0.1, -0.05) is 67.4 Å². The van der Waals surface area contributed by atoms with E-state index in [-0.39, 0.29) is 5.54 Å². The fourth-order valence-electron chi connectivity index (χ4n) is 1.26. The molecule has 0 amide bonds. The highest BCUT2D eigenvalue weighted by atomic mass is 14.7. The predicted molar refractivity (Wildman–Crippen MR) is 78.8 cm³/mol. The smallest absolute Gasteiger partial charge is 0.0336 e. The van der Waals surface area contributed by atoms with Gasteiger partial charge in [-0.05, 0) is 18.8 Å². The Morgan fingerprint density at radius 1 is 1.06 bits per heavy atom. The van der Waals surface area contributed by atoms with Crippen molar-refractivity contribution in [2.45, 2.75) is 79.7 Å². The van der Waals surface area contributed by atoms with Crippen molar-refractivity contribution in [3.63, 3.8) is 0 Å². The van der Waals surface area contributed by atoms with E-state index in [9.17, 15) is 0 Å². The van der Waals surface area contributed by atoms with E-state index in [1.807, 2.05) is 19.9 Å². The Balaban J connectivity index is -0.000000237. The molecule has 16 heavy (non-hydrogen) atoms. The van der Waals surface area contributed by atoms with Crippen molar-refractivity contribution >= 4 is 0 Å². The molecule has 0 aliphatic heterocycles. The molecule has 0 fully saturated rings. The molecule has 0 saturated heterocycles. The van der Waals surface area contributed by atoms with Crippen LogP contribution in [0.2, 0.25) is 0 Å². The van der Waals surface area contributed by atoms with Crippen molar-refractivity contribution in [3.8, 4) is 0 Å². The summed E-state index contributed by atoms with van der Waals surface area (Å²) in [6, 6.07) is 0. The summed E-state index contributed by atoms with van der Waals surface area (Å²) < 4.78 is 0. The van der Waals surface area contributed by atoms with E-state index >= 15 is 0 Å². The molecule has 0 rings (SSSR count). The van der Waals surface area contributed by atoms with Crippen LogP contribution in [0.25, 0.3) is 0 Å². The highest BCUT2D eigenvalue weighted by Crippen LogP contribution is 2.16. The summed E-state index contributed by atoms with van der Waals surface area (Å²) in [5.41, 5.74) is 5.91. The molecule has 0 unspecified atom stereocenters. The van der Waals surface area contributed by atoms with Crippen LogP contribution in [0.4, 0.5) is 0 Å². The number of nitrogens with two attached hydrogens (primary N) is 1. The van der Waals surface area contributed by atoms with Gasteiger partial charge in [-0.25, -0.2) is 0 Å². The molecule has 0 heterocycles. The minimum atomic E-state index is -0.0937. The Labute approximate surface area is 105 Å². The van der Waals surface area contributed by atoms with Gasteiger partial charge in [0.1, 0.15) is 0 Å². The highest BCUT2D eigenvalue weighted by Gasteiger charge is 2.17. The van der Waals surface area contributed by atoms with Crippen LogP contribution in [0.5, 0.6) is 0 Å². The first kappa shape index (κ1) is 21.0. The van der Waals surface area contributed by atoms with Gasteiger partial charge in [-0.15, -0.1) is 6.58 Å². The zero-order valence-corrected chi connectivity index (χ0v) is 12.8. The van der Waals surface area contributed by atoms with Gasteiger partial charge in [-0.3, -0.25) is 0 Å². The van der Waals surface area contributed by atoms with Crippen LogP contribution in [0, 0.1) is 5.92 Å². The average molecular weight is 229 g/mol. The van der Waals surface area contributed by atoms with Crippen LogP contribution in [-0.4, -0.2) is 5.54 Å². The predicted octanol–water partition coefficient (Wildman–Crippen LogP) is 5.16. The van der Waals surface area contributed by atoms with E-state index in [1.165, 1.54) is 0 Å². The van der Waals surface area contributed by atoms with Crippen molar-refractivity contribution in [3.05, 3.63) is 12.7 Å². The lowest BCUT2D eigenvalue weighted by molar-refractivity contribution is 0.441. The third-order valence-corrected chi connectivity index (χ3v) is 1.84. The molecular weight excluding hydrogens is 194 g/mol. The molecule has 0 bridgehead atoms. The van der Waals surface area contributed by atoms with Gasteiger partial charge in [0.25, 0.3) is 0 Å². The Morgan fingerprint density at radius 2 is 1.31 bits per heavy atom. The Hall–Kier alpha value is -0.300. The summed E-state index contributed by atoms with van der Waals surface area (Å²) in [5.74, 6) is 0.833. The standard InChI is InChI=1S/C9H19N.C4H10.C2H6/c1-4-7-9(10,6-3)8-5-2;1-4(2)3;1-2/h6H,3-5,7-8,10H2,1-2H3;4H,1-3H3;1-2H3. The fraction of sp³-hybridized carbons (Fsp3) is 0.867. The van der Waals surface area contributed by atoms with Crippen molar-refractivity contribution in [1.29, 1.82) is 0 Å². The SMILES string of the molecule is C=CC(N)(CCC)CCC.CC.CC(C)C. The van der Waals surface area contributed by atoms with E-state index < -0.39 is 0 Å². The molecular formula is C15H35N. The van der Waals surface area contributed by atoms with Gasteiger partial charge in [0.05, 0.1) is 0 Å². The second kappa shape index (κ2) is 14.7. The molecule has 1 nitrogen and oxygen atoms in total. The van der Waals surface area contributed by atoms with Crippen molar-refractivity contribution < 1.29 is 0 Å². The van der Waals surface area contributed by atoms with Crippen LogP contribution in [0.15, 0.2) is 12.7 Å². The Bertz CT molecular complexity index is 119. The molecule has 100 valence electrons. The summed E-state index contributed by atoms with van der Waals surface area (Å²) >= 11 is 0. The third kappa shape index (κ3) is 19.3. The number of hydrogen-bond donors (Lipinski definition) is 1. The second-order valence-corrected chi connectivity index (χ2v) is 4.67. The lowest BCUT2D eigenvalue weighted by Crippen LogP contribution is -2.36. The van der Waals surface area contributed by atoms with E-state index in [0.29, 0.717) is 0 Å². The zero-order valence-electron chi connectivity index (χ0n) is 12.8. The van der Waals surface area contributed by atoms with Crippen LogP contribution in [-0.2, 0) is 0 Å². The first-order chi connectivity index (χ1) is 7.41.